The van der Waals surface area contributed by atoms with E-state index in [0.717, 1.165) is 32.2 Å². The monoisotopic (exact) mass is 291 g/mol. The van der Waals surface area contributed by atoms with Gasteiger partial charge in [-0.15, -0.1) is 0 Å². The zero-order valence-corrected chi connectivity index (χ0v) is 13.1. The highest BCUT2D eigenvalue weighted by Crippen LogP contribution is 2.24. The minimum atomic E-state index is 0.0210. The average molecular weight is 291 g/mol. The van der Waals surface area contributed by atoms with E-state index in [1.807, 2.05) is 11.8 Å². The summed E-state index contributed by atoms with van der Waals surface area (Å²) in [5.41, 5.74) is 0.485. The summed E-state index contributed by atoms with van der Waals surface area (Å²) >= 11 is 0. The third-order valence-electron chi connectivity index (χ3n) is 4.80. The molecule has 21 heavy (non-hydrogen) atoms. The molecule has 116 valence electrons. The second kappa shape index (κ2) is 6.18. The van der Waals surface area contributed by atoms with Crippen LogP contribution in [0.2, 0.25) is 0 Å². The molecule has 2 heterocycles. The largest absolute Gasteiger partial charge is 0.445 e. The van der Waals surface area contributed by atoms with Gasteiger partial charge in [0.05, 0.1) is 0 Å². The van der Waals surface area contributed by atoms with Gasteiger partial charge >= 0.3 is 0 Å². The molecule has 2 fully saturated rings. The maximum Gasteiger partial charge on any atom is 0.276 e. The van der Waals surface area contributed by atoms with Crippen LogP contribution < -0.4 is 0 Å². The van der Waals surface area contributed by atoms with E-state index in [0.29, 0.717) is 17.3 Å². The number of hydrogen-bond donors (Lipinski definition) is 0. The Morgan fingerprint density at radius 3 is 2.33 bits per heavy atom. The normalized spacial score (nSPS) is 21.7. The molecular weight excluding hydrogens is 266 g/mol. The number of hydrogen-bond acceptors (Lipinski definition) is 4. The number of aromatic nitrogens is 1. The molecule has 0 unspecified atom stereocenters. The molecule has 2 aliphatic rings. The fraction of sp³-hybridized carbons (Fsp3) is 0.750. The number of piperazine rings is 1. The molecule has 1 aliphatic heterocycles. The molecule has 0 bridgehead atoms. The molecule has 5 nitrogen and oxygen atoms in total. The van der Waals surface area contributed by atoms with Crippen molar-refractivity contribution in [2.24, 2.45) is 0 Å². The number of oxazole rings is 1. The standard InChI is InChI=1S/C16H25N3O2/c1-12-15(17-13(2)21-12)16(20)19-10-8-18(9-11-19)14-6-4-3-5-7-14/h14H,3-11H2,1-2H3. The van der Waals surface area contributed by atoms with Crippen molar-refractivity contribution < 1.29 is 9.21 Å². The van der Waals surface area contributed by atoms with Crippen molar-refractivity contribution in [3.63, 3.8) is 0 Å². The average Bonchev–Trinajstić information content (AvgIpc) is 2.86. The molecule has 1 amide bonds. The maximum absolute atomic E-state index is 12.5. The second-order valence-electron chi connectivity index (χ2n) is 6.26. The van der Waals surface area contributed by atoms with E-state index in [9.17, 15) is 4.79 Å². The molecule has 0 spiro atoms. The van der Waals surface area contributed by atoms with Crippen LogP contribution in [0.4, 0.5) is 0 Å². The molecule has 0 atom stereocenters. The maximum atomic E-state index is 12.5. The number of amides is 1. The number of nitrogens with zero attached hydrogens (tertiary/aromatic N) is 3. The molecule has 3 rings (SSSR count). The van der Waals surface area contributed by atoms with Crippen LogP contribution in [-0.2, 0) is 0 Å². The van der Waals surface area contributed by atoms with Crippen molar-refractivity contribution in [3.05, 3.63) is 17.3 Å². The van der Waals surface area contributed by atoms with Crippen LogP contribution in [-0.4, -0.2) is 52.9 Å². The lowest BCUT2D eigenvalue weighted by Gasteiger charge is -2.40. The van der Waals surface area contributed by atoms with E-state index in [4.69, 9.17) is 4.42 Å². The Kier molecular flexibility index (Phi) is 4.29. The minimum absolute atomic E-state index is 0.0210. The lowest BCUT2D eigenvalue weighted by Crippen LogP contribution is -2.52. The Hall–Kier alpha value is -1.36. The fourth-order valence-electron chi connectivity index (χ4n) is 3.61. The van der Waals surface area contributed by atoms with Gasteiger partial charge in [0.2, 0.25) is 0 Å². The summed E-state index contributed by atoms with van der Waals surface area (Å²) in [7, 11) is 0. The van der Waals surface area contributed by atoms with Gasteiger partial charge in [0.15, 0.2) is 11.6 Å². The zero-order valence-electron chi connectivity index (χ0n) is 13.1. The molecule has 0 N–H and O–H groups in total. The first kappa shape index (κ1) is 14.6. The van der Waals surface area contributed by atoms with Crippen LogP contribution in [0.25, 0.3) is 0 Å². The van der Waals surface area contributed by atoms with Crippen LogP contribution in [0.3, 0.4) is 0 Å². The number of aryl methyl sites for hydroxylation is 2. The summed E-state index contributed by atoms with van der Waals surface area (Å²) in [5.74, 6) is 1.22. The van der Waals surface area contributed by atoms with E-state index < -0.39 is 0 Å². The third kappa shape index (κ3) is 3.12. The molecule has 0 radical (unpaired) electrons. The summed E-state index contributed by atoms with van der Waals surface area (Å²) < 4.78 is 5.37. The van der Waals surface area contributed by atoms with Crippen molar-refractivity contribution in [2.45, 2.75) is 52.0 Å². The predicted molar refractivity (Wildman–Crippen MR) is 80.3 cm³/mol. The smallest absolute Gasteiger partial charge is 0.276 e. The van der Waals surface area contributed by atoms with E-state index in [1.165, 1.54) is 32.1 Å². The molecule has 5 heteroatoms. The highest BCUT2D eigenvalue weighted by atomic mass is 16.4. The SMILES string of the molecule is Cc1nc(C(=O)N2CCN(C3CCCCC3)CC2)c(C)o1. The first-order chi connectivity index (χ1) is 10.1. The van der Waals surface area contributed by atoms with Crippen molar-refractivity contribution in [1.82, 2.24) is 14.8 Å². The predicted octanol–water partition coefficient (Wildman–Crippen LogP) is 2.38. The van der Waals surface area contributed by atoms with Gasteiger partial charge < -0.3 is 9.32 Å². The van der Waals surface area contributed by atoms with Gasteiger partial charge in [-0.3, -0.25) is 9.69 Å². The quantitative estimate of drug-likeness (QED) is 0.839. The van der Waals surface area contributed by atoms with Gasteiger partial charge in [0, 0.05) is 39.1 Å². The molecule has 1 saturated carbocycles. The molecule has 0 aromatic carbocycles. The third-order valence-corrected chi connectivity index (χ3v) is 4.80. The van der Waals surface area contributed by atoms with Gasteiger partial charge in [0.25, 0.3) is 5.91 Å². The highest BCUT2D eigenvalue weighted by Gasteiger charge is 2.29. The van der Waals surface area contributed by atoms with E-state index in [-0.39, 0.29) is 5.91 Å². The van der Waals surface area contributed by atoms with Crippen LogP contribution in [0, 0.1) is 13.8 Å². The fourth-order valence-corrected chi connectivity index (χ4v) is 3.61. The van der Waals surface area contributed by atoms with E-state index >= 15 is 0 Å². The van der Waals surface area contributed by atoms with Gasteiger partial charge in [-0.05, 0) is 19.8 Å². The Morgan fingerprint density at radius 2 is 1.76 bits per heavy atom. The number of rotatable bonds is 2. The van der Waals surface area contributed by atoms with Crippen LogP contribution in [0.5, 0.6) is 0 Å². The van der Waals surface area contributed by atoms with Gasteiger partial charge in [-0.25, -0.2) is 4.98 Å². The van der Waals surface area contributed by atoms with E-state index in [1.54, 1.807) is 6.92 Å². The van der Waals surface area contributed by atoms with E-state index in [2.05, 4.69) is 9.88 Å². The number of carbonyl (C=O) groups is 1. The highest BCUT2D eigenvalue weighted by molar-refractivity contribution is 5.93. The summed E-state index contributed by atoms with van der Waals surface area (Å²) in [5, 5.41) is 0. The summed E-state index contributed by atoms with van der Waals surface area (Å²) in [4.78, 5) is 21.2. The van der Waals surface area contributed by atoms with Crippen LogP contribution in [0.1, 0.15) is 54.2 Å². The minimum Gasteiger partial charge on any atom is -0.445 e. The van der Waals surface area contributed by atoms with Gasteiger partial charge in [-0.2, -0.15) is 0 Å². The summed E-state index contributed by atoms with van der Waals surface area (Å²) in [6.45, 7) is 7.19. The van der Waals surface area contributed by atoms with Crippen molar-refractivity contribution >= 4 is 5.91 Å². The number of carbonyl (C=O) groups excluding carboxylic acids is 1. The lowest BCUT2D eigenvalue weighted by molar-refractivity contribution is 0.0517. The molecule has 1 aromatic heterocycles. The van der Waals surface area contributed by atoms with Crippen molar-refractivity contribution in [3.8, 4) is 0 Å². The summed E-state index contributed by atoms with van der Waals surface area (Å²) in [6.07, 6.45) is 6.77. The first-order valence-corrected chi connectivity index (χ1v) is 8.12. The van der Waals surface area contributed by atoms with Crippen molar-refractivity contribution in [2.75, 3.05) is 26.2 Å². The Balaban J connectivity index is 1.57. The molecular formula is C16H25N3O2. The molecule has 1 saturated heterocycles. The lowest BCUT2D eigenvalue weighted by atomic mass is 9.94. The zero-order chi connectivity index (χ0) is 14.8. The van der Waals surface area contributed by atoms with Crippen LogP contribution >= 0.6 is 0 Å². The Labute approximate surface area is 126 Å². The van der Waals surface area contributed by atoms with Crippen molar-refractivity contribution in [1.29, 1.82) is 0 Å². The summed E-state index contributed by atoms with van der Waals surface area (Å²) in [6, 6.07) is 0.743. The Bertz CT molecular complexity index is 498. The first-order valence-electron chi connectivity index (χ1n) is 8.12. The van der Waals surface area contributed by atoms with Gasteiger partial charge in [-0.1, -0.05) is 19.3 Å². The van der Waals surface area contributed by atoms with Gasteiger partial charge in [0.1, 0.15) is 5.76 Å². The molecule has 1 aromatic rings. The second-order valence-corrected chi connectivity index (χ2v) is 6.26. The topological polar surface area (TPSA) is 49.6 Å². The Morgan fingerprint density at radius 1 is 1.10 bits per heavy atom. The van der Waals surface area contributed by atoms with Crippen LogP contribution in [0.15, 0.2) is 4.42 Å². The molecule has 1 aliphatic carbocycles.